The first-order valence-corrected chi connectivity index (χ1v) is 5.78. The molecule has 0 radical (unpaired) electrons. The first-order valence-electron chi connectivity index (χ1n) is 5.78. The molecule has 1 N–H and O–H groups in total. The minimum absolute atomic E-state index is 0.0144. The Morgan fingerprint density at radius 2 is 2.07 bits per heavy atom. The maximum Gasteiger partial charge on any atom is 0.241 e. The summed E-state index contributed by atoms with van der Waals surface area (Å²) in [5, 5.41) is 2.60. The number of amides is 2. The fourth-order valence-electron chi connectivity index (χ4n) is 1.70. The highest BCUT2D eigenvalue weighted by molar-refractivity contribution is 5.87. The molecule has 0 atom stereocenters. The van der Waals surface area contributed by atoms with Gasteiger partial charge in [-0.1, -0.05) is 26.2 Å². The molecule has 1 fully saturated rings. The Balaban J connectivity index is 2.26. The van der Waals surface area contributed by atoms with Gasteiger partial charge in [-0.05, 0) is 6.42 Å². The Bertz CT molecular complexity index is 229. The molecule has 0 aliphatic carbocycles. The van der Waals surface area contributed by atoms with Crippen LogP contribution in [0.2, 0.25) is 0 Å². The van der Waals surface area contributed by atoms with E-state index in [1.54, 1.807) is 4.90 Å². The Hall–Kier alpha value is -1.06. The van der Waals surface area contributed by atoms with Crippen LogP contribution in [0.1, 0.15) is 39.0 Å². The normalized spacial score (nSPS) is 17.5. The van der Waals surface area contributed by atoms with E-state index >= 15 is 0 Å². The summed E-state index contributed by atoms with van der Waals surface area (Å²) in [6.07, 6.45) is 5.09. The number of rotatable bonds is 5. The molecule has 0 unspecified atom stereocenters. The molecular formula is C11H20N2O2. The van der Waals surface area contributed by atoms with Gasteiger partial charge < -0.3 is 10.2 Å². The zero-order valence-electron chi connectivity index (χ0n) is 9.42. The van der Waals surface area contributed by atoms with Gasteiger partial charge in [-0.15, -0.1) is 0 Å². The van der Waals surface area contributed by atoms with Crippen LogP contribution < -0.4 is 5.32 Å². The summed E-state index contributed by atoms with van der Waals surface area (Å²) in [5.74, 6) is 0.0387. The fraction of sp³-hybridized carbons (Fsp3) is 0.818. The van der Waals surface area contributed by atoms with Crippen molar-refractivity contribution < 1.29 is 9.59 Å². The minimum atomic E-state index is -0.0144. The lowest BCUT2D eigenvalue weighted by atomic mass is 10.2. The smallest absolute Gasteiger partial charge is 0.241 e. The predicted octanol–water partition coefficient (Wildman–Crippen LogP) is 0.915. The number of nitrogens with one attached hydrogen (secondary N) is 1. The Kier molecular flexibility index (Phi) is 5.15. The lowest BCUT2D eigenvalue weighted by Gasteiger charge is -2.19. The van der Waals surface area contributed by atoms with Gasteiger partial charge in [0.05, 0.1) is 6.54 Å². The summed E-state index contributed by atoms with van der Waals surface area (Å²) in [5.41, 5.74) is 0. The number of hydrogen-bond acceptors (Lipinski definition) is 2. The van der Waals surface area contributed by atoms with Gasteiger partial charge in [0, 0.05) is 19.5 Å². The van der Waals surface area contributed by atoms with Gasteiger partial charge in [0.15, 0.2) is 0 Å². The topological polar surface area (TPSA) is 49.4 Å². The van der Waals surface area contributed by atoms with Crippen LogP contribution in [0.4, 0.5) is 0 Å². The molecule has 0 saturated carbocycles. The van der Waals surface area contributed by atoms with Crippen molar-refractivity contribution in [1.29, 1.82) is 0 Å². The molecule has 0 spiro atoms. The van der Waals surface area contributed by atoms with Crippen molar-refractivity contribution >= 4 is 11.8 Å². The highest BCUT2D eigenvalue weighted by Gasteiger charge is 2.18. The van der Waals surface area contributed by atoms with Crippen LogP contribution in [0.3, 0.4) is 0 Å². The Morgan fingerprint density at radius 1 is 1.27 bits per heavy atom. The van der Waals surface area contributed by atoms with Crippen molar-refractivity contribution in [3.8, 4) is 0 Å². The molecule has 86 valence electrons. The van der Waals surface area contributed by atoms with Gasteiger partial charge in [-0.25, -0.2) is 0 Å². The standard InChI is InChI=1S/C11H20N2O2/c1-2-3-4-5-7-13-8-6-10(14)12-9-11(13)15/h2-9H2,1H3,(H,12,14). The summed E-state index contributed by atoms with van der Waals surface area (Å²) in [6, 6.07) is 0. The second-order valence-electron chi connectivity index (χ2n) is 3.97. The second-order valence-corrected chi connectivity index (χ2v) is 3.97. The summed E-state index contributed by atoms with van der Waals surface area (Å²) in [6.45, 7) is 3.72. The number of carbonyl (C=O) groups is 2. The predicted molar refractivity (Wildman–Crippen MR) is 58.3 cm³/mol. The van der Waals surface area contributed by atoms with Gasteiger partial charge in [-0.2, -0.15) is 0 Å². The molecule has 2 amide bonds. The number of nitrogens with zero attached hydrogens (tertiary/aromatic N) is 1. The molecule has 0 aromatic heterocycles. The van der Waals surface area contributed by atoms with Crippen molar-refractivity contribution in [3.63, 3.8) is 0 Å². The molecule has 4 nitrogen and oxygen atoms in total. The first kappa shape index (κ1) is 12.0. The van der Waals surface area contributed by atoms with Gasteiger partial charge in [0.25, 0.3) is 0 Å². The zero-order valence-corrected chi connectivity index (χ0v) is 9.42. The lowest BCUT2D eigenvalue weighted by Crippen LogP contribution is -2.35. The van der Waals surface area contributed by atoms with Crippen LogP contribution in [-0.2, 0) is 9.59 Å². The van der Waals surface area contributed by atoms with E-state index in [-0.39, 0.29) is 18.4 Å². The van der Waals surface area contributed by atoms with Gasteiger partial charge in [-0.3, -0.25) is 9.59 Å². The summed E-state index contributed by atoms with van der Waals surface area (Å²) in [7, 11) is 0. The SMILES string of the molecule is CCCCCCN1CCC(=O)NCC1=O. The molecular weight excluding hydrogens is 192 g/mol. The van der Waals surface area contributed by atoms with Gasteiger partial charge in [0.2, 0.25) is 11.8 Å². The summed E-state index contributed by atoms with van der Waals surface area (Å²) >= 11 is 0. The van der Waals surface area contributed by atoms with Crippen LogP contribution in [0.5, 0.6) is 0 Å². The molecule has 1 rings (SSSR count). The number of unbranched alkanes of at least 4 members (excludes halogenated alkanes) is 3. The molecule has 1 aliphatic rings. The zero-order chi connectivity index (χ0) is 11.1. The van der Waals surface area contributed by atoms with Crippen molar-refractivity contribution in [2.75, 3.05) is 19.6 Å². The molecule has 0 bridgehead atoms. The van der Waals surface area contributed by atoms with Crippen LogP contribution in [-0.4, -0.2) is 36.3 Å². The molecule has 15 heavy (non-hydrogen) atoms. The summed E-state index contributed by atoms with van der Waals surface area (Å²) in [4.78, 5) is 24.4. The molecule has 1 heterocycles. The van der Waals surface area contributed by atoms with E-state index in [9.17, 15) is 9.59 Å². The van der Waals surface area contributed by atoms with Crippen molar-refractivity contribution in [2.45, 2.75) is 39.0 Å². The minimum Gasteiger partial charge on any atom is -0.347 e. The number of carbonyl (C=O) groups excluding carboxylic acids is 2. The third-order valence-electron chi connectivity index (χ3n) is 2.68. The average Bonchev–Trinajstić information content (AvgIpc) is 2.38. The average molecular weight is 212 g/mol. The highest BCUT2D eigenvalue weighted by atomic mass is 16.2. The van der Waals surface area contributed by atoms with E-state index in [1.807, 2.05) is 0 Å². The molecule has 1 aliphatic heterocycles. The monoisotopic (exact) mass is 212 g/mol. The van der Waals surface area contributed by atoms with Crippen LogP contribution in [0, 0.1) is 0 Å². The Labute approximate surface area is 91.0 Å². The maximum absolute atomic E-state index is 11.5. The van der Waals surface area contributed by atoms with Crippen LogP contribution >= 0.6 is 0 Å². The molecule has 4 heteroatoms. The van der Waals surface area contributed by atoms with Gasteiger partial charge in [0.1, 0.15) is 0 Å². The van der Waals surface area contributed by atoms with E-state index in [2.05, 4.69) is 12.2 Å². The highest BCUT2D eigenvalue weighted by Crippen LogP contribution is 2.04. The largest absolute Gasteiger partial charge is 0.347 e. The molecule has 0 aromatic carbocycles. The van der Waals surface area contributed by atoms with E-state index in [1.165, 1.54) is 19.3 Å². The van der Waals surface area contributed by atoms with Gasteiger partial charge >= 0.3 is 0 Å². The third kappa shape index (κ3) is 4.32. The Morgan fingerprint density at radius 3 is 2.80 bits per heavy atom. The van der Waals surface area contributed by atoms with E-state index in [4.69, 9.17) is 0 Å². The first-order chi connectivity index (χ1) is 7.24. The second kappa shape index (κ2) is 6.43. The molecule has 1 saturated heterocycles. The fourth-order valence-corrected chi connectivity index (χ4v) is 1.70. The van der Waals surface area contributed by atoms with Crippen LogP contribution in [0.25, 0.3) is 0 Å². The maximum atomic E-state index is 11.5. The third-order valence-corrected chi connectivity index (χ3v) is 2.68. The van der Waals surface area contributed by atoms with Crippen molar-refractivity contribution in [1.82, 2.24) is 10.2 Å². The molecule has 0 aromatic rings. The lowest BCUT2D eigenvalue weighted by molar-refractivity contribution is -0.130. The van der Waals surface area contributed by atoms with E-state index < -0.39 is 0 Å². The van der Waals surface area contributed by atoms with Crippen LogP contribution in [0.15, 0.2) is 0 Å². The van der Waals surface area contributed by atoms with E-state index in [0.717, 1.165) is 13.0 Å². The van der Waals surface area contributed by atoms with E-state index in [0.29, 0.717) is 13.0 Å². The quantitative estimate of drug-likeness (QED) is 0.689. The number of hydrogen-bond donors (Lipinski definition) is 1. The summed E-state index contributed by atoms with van der Waals surface area (Å²) < 4.78 is 0. The van der Waals surface area contributed by atoms with Crippen molar-refractivity contribution in [2.24, 2.45) is 0 Å². The van der Waals surface area contributed by atoms with Crippen molar-refractivity contribution in [3.05, 3.63) is 0 Å².